The number of anilines is 7. The molecule has 0 fully saturated rings. The average Bonchev–Trinajstić information content (AvgIpc) is 3.95. The third kappa shape index (κ3) is 15.1. The topological polar surface area (TPSA) is 167 Å². The van der Waals surface area contributed by atoms with Crippen molar-refractivity contribution in [2.75, 3.05) is 39.8 Å². The lowest BCUT2D eigenvalue weighted by atomic mass is 10.1. The summed E-state index contributed by atoms with van der Waals surface area (Å²) in [5.41, 5.74) is 8.58. The summed E-state index contributed by atoms with van der Waals surface area (Å²) in [6.07, 6.45) is 16.5. The fourth-order valence-electron chi connectivity index (χ4n) is 6.68. The van der Waals surface area contributed by atoms with E-state index < -0.39 is 11.6 Å². The van der Waals surface area contributed by atoms with Gasteiger partial charge in [-0.25, -0.2) is 23.7 Å². The molecular formula is C55H43ClF2N10O4S. The zero-order valence-corrected chi connectivity index (χ0v) is 40.8. The third-order valence-electron chi connectivity index (χ3n) is 10.3. The maximum Gasteiger partial charge on any atom is 0.275 e. The lowest BCUT2D eigenvalue weighted by Gasteiger charge is -2.20. The normalized spacial score (nSPS) is 10.2. The summed E-state index contributed by atoms with van der Waals surface area (Å²) in [5.74, 6) is 1.79. The number of aromatic nitrogens is 5. The number of amides is 3. The lowest BCUT2D eigenvalue weighted by molar-refractivity contribution is 0.101. The summed E-state index contributed by atoms with van der Waals surface area (Å²) in [4.78, 5) is 60.1. The molecule has 9 rings (SSSR count). The van der Waals surface area contributed by atoms with Gasteiger partial charge < -0.3 is 30.5 Å². The summed E-state index contributed by atoms with van der Waals surface area (Å²) in [7, 11) is 3.58. The molecule has 0 radical (unpaired) electrons. The van der Waals surface area contributed by atoms with E-state index in [1.807, 2.05) is 38.2 Å². The Balaban J connectivity index is 0.000000160. The second-order valence-corrected chi connectivity index (χ2v) is 16.8. The number of ether oxygens (including phenoxy) is 1. The minimum atomic E-state index is -0.459. The van der Waals surface area contributed by atoms with Gasteiger partial charge in [0.1, 0.15) is 35.2 Å². The van der Waals surface area contributed by atoms with E-state index in [-0.39, 0.29) is 17.7 Å². The SMILES string of the molecule is C#Cc1cccc(C(=O)Nc2cccc(Oc3cncc(Cl)c3)c2)c1.CN(c1cncnc1)c1cc(F)cc(NC(=O)c2cscn2)c1.Cc1cccc(C(=O)Nc2cc(F)cc(N(C)c3cccnc3)c2)c1. The van der Waals surface area contributed by atoms with Crippen molar-refractivity contribution >= 4 is 80.5 Å². The largest absolute Gasteiger partial charge is 0.456 e. The summed E-state index contributed by atoms with van der Waals surface area (Å²) in [6, 6.07) is 35.2. The van der Waals surface area contributed by atoms with E-state index in [1.54, 1.807) is 138 Å². The highest BCUT2D eigenvalue weighted by atomic mass is 35.5. The molecule has 0 aliphatic heterocycles. The predicted molar refractivity (Wildman–Crippen MR) is 282 cm³/mol. The smallest absolute Gasteiger partial charge is 0.275 e. The van der Waals surface area contributed by atoms with E-state index in [0.717, 1.165) is 11.3 Å². The Morgan fingerprint density at radius 3 is 1.88 bits per heavy atom. The second kappa shape index (κ2) is 25.0. The van der Waals surface area contributed by atoms with E-state index in [0.29, 0.717) is 73.0 Å². The second-order valence-electron chi connectivity index (χ2n) is 15.6. The number of terminal acetylenes is 1. The van der Waals surface area contributed by atoms with Gasteiger partial charge in [-0.05, 0) is 97.9 Å². The van der Waals surface area contributed by atoms with Crippen LogP contribution in [0.3, 0.4) is 0 Å². The van der Waals surface area contributed by atoms with Crippen molar-refractivity contribution in [3.8, 4) is 23.8 Å². The third-order valence-corrected chi connectivity index (χ3v) is 11.1. The number of halogens is 3. The van der Waals surface area contributed by atoms with Gasteiger partial charge in [0.05, 0.1) is 46.7 Å². The maximum atomic E-state index is 14.0. The molecule has 0 aliphatic carbocycles. The molecule has 18 heteroatoms. The molecule has 9 aromatic rings. The van der Waals surface area contributed by atoms with Gasteiger partial charge in [-0.15, -0.1) is 17.8 Å². The maximum absolute atomic E-state index is 14.0. The van der Waals surface area contributed by atoms with Crippen molar-refractivity contribution in [1.29, 1.82) is 0 Å². The van der Waals surface area contributed by atoms with E-state index in [4.69, 9.17) is 22.8 Å². The molecule has 0 bridgehead atoms. The van der Waals surface area contributed by atoms with Gasteiger partial charge >= 0.3 is 0 Å². The fraction of sp³-hybridized carbons (Fsp3) is 0.0545. The van der Waals surface area contributed by atoms with Crippen LogP contribution in [0.15, 0.2) is 182 Å². The minimum absolute atomic E-state index is 0.251. The molecule has 364 valence electrons. The molecule has 0 spiro atoms. The highest BCUT2D eigenvalue weighted by molar-refractivity contribution is 7.07. The zero-order chi connectivity index (χ0) is 51.7. The van der Waals surface area contributed by atoms with Gasteiger partial charge in [-0.2, -0.15) is 0 Å². The van der Waals surface area contributed by atoms with Crippen LogP contribution in [0.25, 0.3) is 0 Å². The first-order valence-corrected chi connectivity index (χ1v) is 23.2. The molecule has 0 atom stereocenters. The monoisotopic (exact) mass is 1010 g/mol. The van der Waals surface area contributed by atoms with Crippen molar-refractivity contribution in [2.45, 2.75) is 6.92 Å². The molecule has 4 heterocycles. The van der Waals surface area contributed by atoms with Crippen LogP contribution in [0, 0.1) is 30.9 Å². The van der Waals surface area contributed by atoms with Crippen LogP contribution >= 0.6 is 22.9 Å². The van der Waals surface area contributed by atoms with Crippen LogP contribution in [-0.4, -0.2) is 56.7 Å². The van der Waals surface area contributed by atoms with Gasteiger partial charge in [0.2, 0.25) is 0 Å². The summed E-state index contributed by atoms with van der Waals surface area (Å²) < 4.78 is 33.6. The number of carbonyl (C=O) groups excluding carboxylic acids is 3. The molecule has 0 aliphatic rings. The van der Waals surface area contributed by atoms with Gasteiger partial charge in [0.25, 0.3) is 17.7 Å². The molecule has 0 unspecified atom stereocenters. The number of rotatable bonds is 12. The minimum Gasteiger partial charge on any atom is -0.456 e. The molecule has 3 N–H and O–H groups in total. The molecule has 0 saturated heterocycles. The summed E-state index contributed by atoms with van der Waals surface area (Å²) >= 11 is 7.21. The number of benzene rings is 5. The molecular weight excluding hydrogens is 970 g/mol. The number of carbonyl (C=O) groups is 3. The van der Waals surface area contributed by atoms with Crippen molar-refractivity contribution in [1.82, 2.24) is 24.9 Å². The Morgan fingerprint density at radius 2 is 1.25 bits per heavy atom. The summed E-state index contributed by atoms with van der Waals surface area (Å²) in [6.45, 7) is 1.92. The number of nitrogens with one attached hydrogen (secondary N) is 3. The van der Waals surface area contributed by atoms with Crippen LogP contribution in [-0.2, 0) is 0 Å². The van der Waals surface area contributed by atoms with Crippen molar-refractivity contribution < 1.29 is 27.9 Å². The molecule has 73 heavy (non-hydrogen) atoms. The van der Waals surface area contributed by atoms with Crippen molar-refractivity contribution in [2.24, 2.45) is 0 Å². The number of nitrogens with zero attached hydrogens (tertiary/aromatic N) is 7. The molecule has 14 nitrogen and oxygen atoms in total. The van der Waals surface area contributed by atoms with Crippen LogP contribution < -0.4 is 30.5 Å². The highest BCUT2D eigenvalue weighted by Crippen LogP contribution is 2.29. The average molecular weight is 1010 g/mol. The van der Waals surface area contributed by atoms with Gasteiger partial charge in [0.15, 0.2) is 0 Å². The number of thiazole rings is 1. The van der Waals surface area contributed by atoms with Crippen LogP contribution in [0.4, 0.5) is 48.6 Å². The Kier molecular flexibility index (Phi) is 17.6. The highest BCUT2D eigenvalue weighted by Gasteiger charge is 2.14. The van der Waals surface area contributed by atoms with Gasteiger partial charge in [-0.1, -0.05) is 47.4 Å². The molecule has 0 saturated carbocycles. The Morgan fingerprint density at radius 1 is 0.616 bits per heavy atom. The number of hydrogen-bond donors (Lipinski definition) is 3. The number of hydrogen-bond acceptors (Lipinski definition) is 12. The van der Waals surface area contributed by atoms with Crippen molar-refractivity contribution in [3.05, 3.63) is 226 Å². The van der Waals surface area contributed by atoms with Gasteiger partial charge in [0, 0.05) is 89.1 Å². The van der Waals surface area contributed by atoms with E-state index in [1.165, 1.54) is 48.1 Å². The standard InChI is InChI=1S/C20H13ClN2O2.C20H18FN3O.C15H12FN5OS/c1-2-14-5-3-6-15(9-14)20(24)23-17-7-4-8-18(11-17)25-19-10-16(21)12-22-13-19;1-14-5-3-6-15(9-14)20(25)23-17-10-16(21)11-19(12-17)24(2)18-7-4-8-22-13-18;1-21(13-5-17-8-18-6-13)12-3-10(16)2-11(4-12)20-15(22)14-7-23-9-19-14/h1,3-13H,(H,23,24);3-13H,1-2H3,(H,23,25);2-9H,1H3,(H,20,22). The molecule has 3 amide bonds. The van der Waals surface area contributed by atoms with E-state index >= 15 is 0 Å². The predicted octanol–water partition coefficient (Wildman–Crippen LogP) is 12.4. The van der Waals surface area contributed by atoms with Crippen LogP contribution in [0.2, 0.25) is 5.02 Å². The first-order chi connectivity index (χ1) is 35.3. The quantitative estimate of drug-likeness (QED) is 0.0997. The van der Waals surface area contributed by atoms with Crippen LogP contribution in [0.5, 0.6) is 11.5 Å². The fourth-order valence-corrected chi connectivity index (χ4v) is 7.38. The van der Waals surface area contributed by atoms with E-state index in [9.17, 15) is 23.2 Å². The number of aryl methyl sites for hydroxylation is 1. The Labute approximate surface area is 428 Å². The van der Waals surface area contributed by atoms with Crippen molar-refractivity contribution in [3.63, 3.8) is 0 Å². The van der Waals surface area contributed by atoms with E-state index in [2.05, 4.69) is 46.8 Å². The zero-order valence-electron chi connectivity index (χ0n) is 39.2. The first kappa shape index (κ1) is 51.5. The lowest BCUT2D eigenvalue weighted by Crippen LogP contribution is -2.14. The van der Waals surface area contributed by atoms with Crippen LogP contribution in [0.1, 0.15) is 42.3 Å². The summed E-state index contributed by atoms with van der Waals surface area (Å²) in [5, 5.41) is 10.3. The Hall–Kier alpha value is -9.37. The van der Waals surface area contributed by atoms with Gasteiger partial charge in [-0.3, -0.25) is 24.4 Å². The first-order valence-electron chi connectivity index (χ1n) is 21.9. The number of pyridine rings is 2. The molecule has 4 aromatic heterocycles. The molecule has 5 aromatic carbocycles. The Bertz CT molecular complexity index is 3390.